The van der Waals surface area contributed by atoms with Gasteiger partial charge < -0.3 is 19.9 Å². The zero-order valence-electron chi connectivity index (χ0n) is 24.4. The lowest BCUT2D eigenvalue weighted by molar-refractivity contribution is -0.138. The third kappa shape index (κ3) is 6.48. The lowest BCUT2D eigenvalue weighted by Gasteiger charge is -2.42. The van der Waals surface area contributed by atoms with Gasteiger partial charge in [0.25, 0.3) is 0 Å². The smallest absolute Gasteiger partial charge is 0.421 e. The van der Waals surface area contributed by atoms with E-state index in [1.165, 1.54) is 5.06 Å². The molecule has 1 atom stereocenters. The molecule has 0 bridgehead atoms. The number of nitrogens with zero attached hydrogens (tertiary/aromatic N) is 7. The predicted molar refractivity (Wildman–Crippen MR) is 158 cm³/mol. The summed E-state index contributed by atoms with van der Waals surface area (Å²) in [5, 5.41) is 4.29. The molecule has 3 aliphatic heterocycles. The molecule has 0 spiro atoms. The SMILES string of the molecule is COc1cc(Nc2ncc(C(F)(F)F)c(N3OCC[C@H]3c3cccnc3)n2)ccc1N1CCC(N2CCN(C)CC2)CC1. The van der Waals surface area contributed by atoms with Gasteiger partial charge in [-0.15, -0.1) is 0 Å². The van der Waals surface area contributed by atoms with Gasteiger partial charge in [0, 0.05) is 82.1 Å². The van der Waals surface area contributed by atoms with Crippen LogP contribution >= 0.6 is 0 Å². The monoisotopic (exact) mass is 598 g/mol. The van der Waals surface area contributed by atoms with E-state index in [-0.39, 0.29) is 18.4 Å². The Morgan fingerprint density at radius 3 is 2.49 bits per heavy atom. The van der Waals surface area contributed by atoms with Gasteiger partial charge in [-0.05, 0) is 43.7 Å². The highest BCUT2D eigenvalue weighted by Gasteiger charge is 2.41. The van der Waals surface area contributed by atoms with Crippen molar-refractivity contribution in [3.05, 3.63) is 60.0 Å². The van der Waals surface area contributed by atoms with Crippen LogP contribution in [0.2, 0.25) is 0 Å². The Balaban J connectivity index is 1.19. The number of rotatable bonds is 7. The standard InChI is InChI=1S/C30H37F3N8O2/c1-38-13-15-39(16-14-38)23-7-11-40(12-8-23)26-6-5-22(18-27(26)42-2)36-29-35-20-24(30(31,32)33)28(37-29)41-25(9-17-43-41)21-4-3-10-34-19-21/h3-6,10,18-20,23,25H,7-9,11-17H2,1-2H3,(H,35,36,37)/t25-/m0/s1. The highest BCUT2D eigenvalue weighted by Crippen LogP contribution is 2.42. The van der Waals surface area contributed by atoms with Crippen LogP contribution in [0.1, 0.15) is 36.4 Å². The van der Waals surface area contributed by atoms with E-state index >= 15 is 0 Å². The average molecular weight is 599 g/mol. The number of nitrogens with one attached hydrogen (secondary N) is 1. The van der Waals surface area contributed by atoms with E-state index in [1.54, 1.807) is 25.6 Å². The summed E-state index contributed by atoms with van der Waals surface area (Å²) in [6.45, 7) is 6.58. The Kier molecular flexibility index (Phi) is 8.55. The number of ether oxygens (including phenoxy) is 1. The fraction of sp³-hybridized carbons (Fsp3) is 0.500. The van der Waals surface area contributed by atoms with Crippen molar-refractivity contribution in [3.63, 3.8) is 0 Å². The van der Waals surface area contributed by atoms with Crippen molar-refractivity contribution >= 4 is 23.1 Å². The maximum atomic E-state index is 14.0. The van der Waals surface area contributed by atoms with Gasteiger partial charge in [0.05, 0.1) is 25.4 Å². The number of piperidine rings is 1. The molecule has 0 saturated carbocycles. The van der Waals surface area contributed by atoms with Crippen LogP contribution in [0.15, 0.2) is 48.9 Å². The minimum Gasteiger partial charge on any atom is -0.495 e. The van der Waals surface area contributed by atoms with Crippen LogP contribution in [-0.2, 0) is 11.0 Å². The number of likely N-dealkylation sites (N-methyl/N-ethyl adjacent to an activating group) is 1. The molecule has 1 aromatic carbocycles. The molecular weight excluding hydrogens is 561 g/mol. The summed E-state index contributed by atoms with van der Waals surface area (Å²) in [5.41, 5.74) is 1.37. The Hall–Kier alpha value is -3.68. The maximum absolute atomic E-state index is 14.0. The topological polar surface area (TPSA) is 82.1 Å². The minimum atomic E-state index is -4.66. The third-order valence-electron chi connectivity index (χ3n) is 8.55. The maximum Gasteiger partial charge on any atom is 0.421 e. The number of piperazine rings is 1. The van der Waals surface area contributed by atoms with Crippen LogP contribution in [0.4, 0.5) is 36.3 Å². The van der Waals surface area contributed by atoms with Gasteiger partial charge in [-0.1, -0.05) is 6.07 Å². The summed E-state index contributed by atoms with van der Waals surface area (Å²) in [6.07, 6.45) is 2.06. The Morgan fingerprint density at radius 2 is 1.79 bits per heavy atom. The molecule has 0 amide bonds. The average Bonchev–Trinajstić information content (AvgIpc) is 3.52. The van der Waals surface area contributed by atoms with Gasteiger partial charge in [-0.2, -0.15) is 18.2 Å². The molecule has 3 saturated heterocycles. The van der Waals surface area contributed by atoms with Crippen molar-refractivity contribution in [2.24, 2.45) is 0 Å². The first kappa shape index (κ1) is 29.4. The molecular formula is C30H37F3N8O2. The lowest BCUT2D eigenvalue weighted by atomic mass is 10.0. The lowest BCUT2D eigenvalue weighted by Crippen LogP contribution is -2.52. The normalized spacial score (nSPS) is 20.9. The second-order valence-corrected chi connectivity index (χ2v) is 11.2. The van der Waals surface area contributed by atoms with E-state index < -0.39 is 17.8 Å². The summed E-state index contributed by atoms with van der Waals surface area (Å²) in [6, 6.07) is 9.37. The van der Waals surface area contributed by atoms with Gasteiger partial charge in [-0.25, -0.2) is 10.0 Å². The van der Waals surface area contributed by atoms with E-state index in [0.717, 1.165) is 69.6 Å². The number of anilines is 4. The fourth-order valence-corrected chi connectivity index (χ4v) is 6.16. The minimum absolute atomic E-state index is 0.0197. The van der Waals surface area contributed by atoms with Crippen LogP contribution in [0.3, 0.4) is 0 Å². The number of hydroxylamine groups is 1. The molecule has 5 heterocycles. The van der Waals surface area contributed by atoms with Crippen LogP contribution in [0, 0.1) is 0 Å². The molecule has 0 unspecified atom stereocenters. The molecule has 3 aromatic rings. The summed E-state index contributed by atoms with van der Waals surface area (Å²) < 4.78 is 47.8. The van der Waals surface area contributed by atoms with Gasteiger partial charge in [0.15, 0.2) is 5.82 Å². The number of benzene rings is 1. The summed E-state index contributed by atoms with van der Waals surface area (Å²) in [7, 11) is 3.80. The summed E-state index contributed by atoms with van der Waals surface area (Å²) in [4.78, 5) is 25.4. The molecule has 3 fully saturated rings. The largest absolute Gasteiger partial charge is 0.495 e. The highest BCUT2D eigenvalue weighted by atomic mass is 19.4. The second-order valence-electron chi connectivity index (χ2n) is 11.2. The molecule has 10 nitrogen and oxygen atoms in total. The molecule has 1 N–H and O–H groups in total. The molecule has 230 valence electrons. The van der Waals surface area contributed by atoms with Crippen molar-refractivity contribution in [2.45, 2.75) is 37.5 Å². The second kappa shape index (κ2) is 12.5. The number of hydrogen-bond donors (Lipinski definition) is 1. The van der Waals surface area contributed by atoms with Crippen molar-refractivity contribution in [3.8, 4) is 5.75 Å². The van der Waals surface area contributed by atoms with Gasteiger partial charge in [0.2, 0.25) is 5.95 Å². The number of alkyl halides is 3. The number of pyridine rings is 1. The Labute approximate surface area is 249 Å². The van der Waals surface area contributed by atoms with Crippen molar-refractivity contribution in [1.82, 2.24) is 24.8 Å². The number of hydrogen-bond acceptors (Lipinski definition) is 10. The summed E-state index contributed by atoms with van der Waals surface area (Å²) >= 11 is 0. The van der Waals surface area contributed by atoms with Crippen LogP contribution in [0.5, 0.6) is 5.75 Å². The molecule has 43 heavy (non-hydrogen) atoms. The zero-order valence-corrected chi connectivity index (χ0v) is 24.4. The van der Waals surface area contributed by atoms with Crippen molar-refractivity contribution < 1.29 is 22.7 Å². The third-order valence-corrected chi connectivity index (χ3v) is 8.55. The van der Waals surface area contributed by atoms with Crippen LogP contribution < -0.4 is 20.0 Å². The van der Waals surface area contributed by atoms with Crippen LogP contribution in [-0.4, -0.2) is 90.8 Å². The van der Waals surface area contributed by atoms with E-state index in [0.29, 0.717) is 23.9 Å². The van der Waals surface area contributed by atoms with Crippen molar-refractivity contribution in [1.29, 1.82) is 0 Å². The fourth-order valence-electron chi connectivity index (χ4n) is 6.16. The first-order valence-corrected chi connectivity index (χ1v) is 14.7. The first-order chi connectivity index (χ1) is 20.8. The molecule has 2 aromatic heterocycles. The number of aromatic nitrogens is 3. The van der Waals surface area contributed by atoms with E-state index in [4.69, 9.17) is 9.57 Å². The van der Waals surface area contributed by atoms with Gasteiger partial charge >= 0.3 is 6.18 Å². The molecule has 0 aliphatic carbocycles. The van der Waals surface area contributed by atoms with E-state index in [2.05, 4.69) is 42.0 Å². The molecule has 13 heteroatoms. The van der Waals surface area contributed by atoms with E-state index in [1.807, 2.05) is 24.3 Å². The highest BCUT2D eigenvalue weighted by molar-refractivity contribution is 5.68. The Morgan fingerprint density at radius 1 is 1.00 bits per heavy atom. The first-order valence-electron chi connectivity index (χ1n) is 14.7. The molecule has 6 rings (SSSR count). The summed E-state index contributed by atoms with van der Waals surface area (Å²) in [5.74, 6) is 0.351. The van der Waals surface area contributed by atoms with Gasteiger partial charge in [-0.3, -0.25) is 14.7 Å². The Bertz CT molecular complexity index is 1380. The van der Waals surface area contributed by atoms with Gasteiger partial charge in [0.1, 0.15) is 11.3 Å². The molecule has 0 radical (unpaired) electrons. The number of methoxy groups -OCH3 is 1. The zero-order chi connectivity index (χ0) is 30.0. The van der Waals surface area contributed by atoms with E-state index in [9.17, 15) is 13.2 Å². The number of halogens is 3. The molecule has 3 aliphatic rings. The predicted octanol–water partition coefficient (Wildman–Crippen LogP) is 4.74. The van der Waals surface area contributed by atoms with Crippen molar-refractivity contribution in [2.75, 3.05) is 75.3 Å². The van der Waals surface area contributed by atoms with Crippen LogP contribution in [0.25, 0.3) is 0 Å². The quantitative estimate of drug-likeness (QED) is 0.412.